The number of phenols is 4. The number of hydrogen-bond acceptors (Lipinski definition) is 12. The molecule has 1 aliphatic carbocycles. The van der Waals surface area contributed by atoms with E-state index in [1.807, 2.05) is 55.7 Å². The van der Waals surface area contributed by atoms with Crippen molar-refractivity contribution in [1.82, 2.24) is 15.3 Å². The van der Waals surface area contributed by atoms with Crippen LogP contribution in [-0.2, 0) is 23.1 Å². The lowest BCUT2D eigenvalue weighted by Gasteiger charge is -2.45. The predicted molar refractivity (Wildman–Crippen MR) is 240 cm³/mol. The number of rotatable bonds is 11. The maximum absolute atomic E-state index is 16.0. The molecule has 0 amide bonds. The van der Waals surface area contributed by atoms with Gasteiger partial charge in [0, 0.05) is 48.1 Å². The minimum absolute atomic E-state index is 0.00632. The van der Waals surface area contributed by atoms with Crippen molar-refractivity contribution in [3.05, 3.63) is 125 Å². The number of aromatic amines is 1. The fourth-order valence-electron chi connectivity index (χ4n) is 10.7. The van der Waals surface area contributed by atoms with Crippen LogP contribution in [0.15, 0.2) is 97.3 Å². The first-order valence-electron chi connectivity index (χ1n) is 21.5. The van der Waals surface area contributed by atoms with Crippen molar-refractivity contribution in [2.24, 2.45) is 11.8 Å². The van der Waals surface area contributed by atoms with Crippen LogP contribution in [0.5, 0.6) is 34.5 Å². The molecule has 6 aromatic rings. The number of nitrogens with one attached hydrogen (secondary N) is 3. The predicted octanol–water partition coefficient (Wildman–Crippen LogP) is 7.46. The number of nitrogens with zero attached hydrogens (tertiary/aromatic N) is 1. The lowest BCUT2D eigenvalue weighted by Crippen LogP contribution is -2.51. The summed E-state index contributed by atoms with van der Waals surface area (Å²) in [6.45, 7) is 0.477. The van der Waals surface area contributed by atoms with E-state index in [0.29, 0.717) is 55.8 Å². The highest BCUT2D eigenvalue weighted by Gasteiger charge is 2.57. The summed E-state index contributed by atoms with van der Waals surface area (Å²) < 4.78 is 10.9. The van der Waals surface area contributed by atoms with E-state index in [-0.39, 0.29) is 41.8 Å². The number of methoxy groups -OCH3 is 2. The Morgan fingerprint density at radius 1 is 0.937 bits per heavy atom. The molecule has 330 valence electrons. The molecule has 13 heteroatoms. The van der Waals surface area contributed by atoms with Gasteiger partial charge in [-0.05, 0) is 157 Å². The van der Waals surface area contributed by atoms with Crippen molar-refractivity contribution in [2.45, 2.75) is 74.4 Å². The van der Waals surface area contributed by atoms with Gasteiger partial charge in [0.15, 0.2) is 23.0 Å². The minimum Gasteiger partial charge on any atom is -0.508 e. The van der Waals surface area contributed by atoms with Gasteiger partial charge < -0.3 is 55.7 Å². The van der Waals surface area contributed by atoms with E-state index in [1.165, 1.54) is 20.3 Å². The van der Waals surface area contributed by atoms with Crippen molar-refractivity contribution in [3.8, 4) is 34.5 Å². The van der Waals surface area contributed by atoms with Gasteiger partial charge in [0.25, 0.3) is 0 Å². The Balaban J connectivity index is 1.35. The standard InChI is InChI=1S/C50H56N4O9/c1-51-27-32-20-30(31-23-43(60)49(61)45(24-31)63-3)22-42(59)48(41(58)13-7-28-6-12-40(57)44(19-28)62-2)50(16-14-39(56)37(50)26-34-5-4-17-52-34)33-15-18-53-46(25-33)54-38-11-8-29-21-35(55)9-10-36(29)47(32)38/h4-6,8-12,15,17-19,21,23-25,30,32,37,39,41,48,51-52,55-58,60-61H,7,13-14,16,20,22,26-27H2,1-3H3,(H,53,54)/t30-,32+,37+,39+,41-,48-,50+/m1/s1. The molecule has 1 spiro atoms. The Kier molecular flexibility index (Phi) is 12.5. The number of benzene rings is 4. The molecule has 0 saturated heterocycles. The number of anilines is 2. The summed E-state index contributed by atoms with van der Waals surface area (Å²) in [6, 6.07) is 25.1. The number of phenolic OH excluding ortho intramolecular Hbond substituents is 4. The molecule has 2 bridgehead atoms. The molecule has 13 nitrogen and oxygen atoms in total. The second kappa shape index (κ2) is 18.2. The Morgan fingerprint density at radius 2 is 1.76 bits per heavy atom. The third-order valence-electron chi connectivity index (χ3n) is 13.6. The third kappa shape index (κ3) is 8.48. The molecular weight excluding hydrogens is 801 g/mol. The van der Waals surface area contributed by atoms with Crippen LogP contribution in [0.3, 0.4) is 0 Å². The van der Waals surface area contributed by atoms with E-state index >= 15 is 4.79 Å². The highest BCUT2D eigenvalue weighted by atomic mass is 16.5. The van der Waals surface area contributed by atoms with E-state index < -0.39 is 46.9 Å². The number of aryl methyl sites for hydroxylation is 1. The topological polar surface area (TPSA) is 210 Å². The van der Waals surface area contributed by atoms with Crippen molar-refractivity contribution < 1.29 is 44.9 Å². The first-order chi connectivity index (χ1) is 30.4. The number of aliphatic hydroxyl groups excluding tert-OH is 2. The zero-order valence-corrected chi connectivity index (χ0v) is 35.7. The van der Waals surface area contributed by atoms with Gasteiger partial charge in [-0.15, -0.1) is 0 Å². The first-order valence-corrected chi connectivity index (χ1v) is 21.5. The number of ether oxygens (including phenoxy) is 2. The highest BCUT2D eigenvalue weighted by molar-refractivity contribution is 5.93. The van der Waals surface area contributed by atoms with Gasteiger partial charge >= 0.3 is 0 Å². The number of fused-ring (bicyclic) bond motifs is 6. The Labute approximate surface area is 366 Å². The number of ketones is 1. The van der Waals surface area contributed by atoms with Crippen molar-refractivity contribution in [1.29, 1.82) is 0 Å². The lowest BCUT2D eigenvalue weighted by atomic mass is 9.58. The van der Waals surface area contributed by atoms with Gasteiger partial charge in [-0.3, -0.25) is 4.79 Å². The second-order valence-corrected chi connectivity index (χ2v) is 17.2. The van der Waals surface area contributed by atoms with Crippen LogP contribution in [0.25, 0.3) is 10.8 Å². The van der Waals surface area contributed by atoms with Crippen LogP contribution < -0.4 is 20.1 Å². The Bertz CT molecular complexity index is 2580. The molecule has 7 atom stereocenters. The normalized spacial score (nSPS) is 23.0. The van der Waals surface area contributed by atoms with Crippen LogP contribution in [0.2, 0.25) is 0 Å². The summed E-state index contributed by atoms with van der Waals surface area (Å²) in [5.41, 5.74) is 3.63. The van der Waals surface area contributed by atoms with Crippen molar-refractivity contribution in [2.75, 3.05) is 33.1 Å². The largest absolute Gasteiger partial charge is 0.508 e. The summed E-state index contributed by atoms with van der Waals surface area (Å²) >= 11 is 0. The van der Waals surface area contributed by atoms with E-state index in [1.54, 1.807) is 42.6 Å². The molecule has 4 aromatic carbocycles. The van der Waals surface area contributed by atoms with Crippen LogP contribution in [0.4, 0.5) is 11.5 Å². The Hall–Kier alpha value is -6.28. The molecule has 3 heterocycles. The first kappa shape index (κ1) is 43.4. The molecular formula is C50H56N4O9. The van der Waals surface area contributed by atoms with E-state index in [9.17, 15) is 30.6 Å². The smallest absolute Gasteiger partial charge is 0.200 e. The number of likely N-dealkylation sites (N-methyl/N-ethyl adjacent to an activating group) is 1. The van der Waals surface area contributed by atoms with Gasteiger partial charge in [0.05, 0.1) is 32.3 Å². The molecule has 8 rings (SSSR count). The van der Waals surface area contributed by atoms with Crippen LogP contribution >= 0.6 is 0 Å². The molecule has 0 unspecified atom stereocenters. The zero-order valence-electron chi connectivity index (χ0n) is 35.7. The van der Waals surface area contributed by atoms with Crippen molar-refractivity contribution >= 4 is 28.1 Å². The molecule has 2 aromatic heterocycles. The number of carbonyl (C=O) groups excluding carboxylic acids is 1. The van der Waals surface area contributed by atoms with Gasteiger partial charge in [0.1, 0.15) is 17.4 Å². The molecule has 0 radical (unpaired) electrons. The number of Topliss-reactive ketones (excluding diaryl/α,β-unsaturated/α-hetero) is 1. The van der Waals surface area contributed by atoms with E-state index in [0.717, 1.165) is 38.8 Å². The monoisotopic (exact) mass is 856 g/mol. The van der Waals surface area contributed by atoms with E-state index in [2.05, 4.69) is 15.6 Å². The summed E-state index contributed by atoms with van der Waals surface area (Å²) in [6.07, 6.45) is 3.57. The number of carbonyl (C=O) groups is 1. The zero-order chi connectivity index (χ0) is 44.4. The SMILES string of the molecule is CNC[C@@H]1C[C@@H](c2cc(O)c(O)c(OC)c2)CC(=O)[C@@H]([C@H](O)CCc2ccc(O)c(OC)c2)[C@@]2(CC[C@H](O)[C@@H]2Cc2ccc[nH]2)c2ccnc(c2)Nc2ccc3cc(O)ccc3c21. The molecule has 1 aliphatic heterocycles. The molecule has 63 heavy (non-hydrogen) atoms. The summed E-state index contributed by atoms with van der Waals surface area (Å²) in [5.74, 6) is -2.42. The summed E-state index contributed by atoms with van der Waals surface area (Å²) in [4.78, 5) is 24.1. The summed E-state index contributed by atoms with van der Waals surface area (Å²) in [7, 11) is 4.74. The number of hydrogen-bond donors (Lipinski definition) is 9. The number of pyridine rings is 1. The molecule has 1 fully saturated rings. The van der Waals surface area contributed by atoms with Gasteiger partial charge in [0.2, 0.25) is 5.75 Å². The van der Waals surface area contributed by atoms with Crippen LogP contribution in [0, 0.1) is 11.8 Å². The van der Waals surface area contributed by atoms with Gasteiger partial charge in [-0.1, -0.05) is 18.2 Å². The average molecular weight is 857 g/mol. The third-order valence-corrected chi connectivity index (χ3v) is 13.6. The average Bonchev–Trinajstić information content (AvgIpc) is 3.91. The van der Waals surface area contributed by atoms with Crippen LogP contribution in [-0.4, -0.2) is 86.4 Å². The van der Waals surface area contributed by atoms with E-state index in [4.69, 9.17) is 14.5 Å². The number of aromatic nitrogens is 2. The number of H-pyrrole nitrogens is 1. The molecule has 1 saturated carbocycles. The highest BCUT2D eigenvalue weighted by Crippen LogP contribution is 2.56. The maximum Gasteiger partial charge on any atom is 0.200 e. The Morgan fingerprint density at radius 3 is 2.52 bits per heavy atom. The van der Waals surface area contributed by atoms with Crippen molar-refractivity contribution in [3.63, 3.8) is 0 Å². The molecule has 2 aliphatic rings. The maximum atomic E-state index is 16.0. The van der Waals surface area contributed by atoms with Gasteiger partial charge in [-0.25, -0.2) is 4.98 Å². The molecule has 9 N–H and O–H groups in total. The van der Waals surface area contributed by atoms with Crippen LogP contribution in [0.1, 0.15) is 71.9 Å². The minimum atomic E-state index is -1.20. The number of aliphatic hydroxyl groups is 2. The fourth-order valence-corrected chi connectivity index (χ4v) is 10.7. The quantitative estimate of drug-likeness (QED) is 0.0582. The second-order valence-electron chi connectivity index (χ2n) is 17.2. The lowest BCUT2D eigenvalue weighted by molar-refractivity contribution is -0.132. The van der Waals surface area contributed by atoms with Gasteiger partial charge in [-0.2, -0.15) is 0 Å². The fraction of sp³-hybridized carbons (Fsp3) is 0.360. The summed E-state index contributed by atoms with van der Waals surface area (Å²) in [5, 5.41) is 76.4. The number of aromatic hydroxyl groups is 4.